The van der Waals surface area contributed by atoms with Gasteiger partial charge in [-0.1, -0.05) is 12.1 Å². The van der Waals surface area contributed by atoms with E-state index in [1.54, 1.807) is 0 Å². The Labute approximate surface area is 181 Å². The van der Waals surface area contributed by atoms with Gasteiger partial charge in [0.05, 0.1) is 5.56 Å². The lowest BCUT2D eigenvalue weighted by atomic mass is 9.87. The molecule has 0 radical (unpaired) electrons. The molecule has 1 saturated heterocycles. The number of carbonyl (C=O) groups is 1. The third kappa shape index (κ3) is 3.97. The van der Waals surface area contributed by atoms with Crippen molar-refractivity contribution in [3.8, 4) is 23.0 Å². The fourth-order valence-corrected chi connectivity index (χ4v) is 3.71. The van der Waals surface area contributed by atoms with Crippen LogP contribution in [-0.2, 0) is 4.74 Å². The third-order valence-corrected chi connectivity index (χ3v) is 5.47. The number of Topliss-reactive ketones (excluding diaryl/α,β-unsaturated/α-hetero) is 1. The number of aliphatic hydroxyl groups is 5. The Kier molecular flexibility index (Phi) is 5.95. The molecule has 11 nitrogen and oxygen atoms in total. The average molecular weight is 450 g/mol. The summed E-state index contributed by atoms with van der Waals surface area (Å²) in [5.74, 6) is -2.41. The van der Waals surface area contributed by atoms with Crippen molar-refractivity contribution in [3.05, 3.63) is 47.5 Å². The summed E-state index contributed by atoms with van der Waals surface area (Å²) in [6, 6.07) is 8.03. The number of aliphatic hydroxyl groups excluding tert-OH is 5. The van der Waals surface area contributed by atoms with Crippen LogP contribution in [-0.4, -0.2) is 85.1 Å². The first-order valence-corrected chi connectivity index (χ1v) is 9.72. The zero-order chi connectivity index (χ0) is 23.2. The van der Waals surface area contributed by atoms with Crippen molar-refractivity contribution >= 4 is 5.78 Å². The van der Waals surface area contributed by atoms with Crippen LogP contribution >= 0.6 is 0 Å². The minimum Gasteiger partial charge on any atom is -0.508 e. The molecular formula is C21H22O11. The summed E-state index contributed by atoms with van der Waals surface area (Å²) in [6.07, 6.45) is -9.42. The van der Waals surface area contributed by atoms with Crippen molar-refractivity contribution in [3.63, 3.8) is 0 Å². The number of carbonyl (C=O) groups excluding carboxylic acids is 1. The van der Waals surface area contributed by atoms with Gasteiger partial charge in [-0.3, -0.25) is 4.79 Å². The number of hydrogen-bond donors (Lipinski definition) is 7. The van der Waals surface area contributed by atoms with Crippen LogP contribution in [0.3, 0.4) is 0 Å². The fraction of sp³-hybridized carbons (Fsp3) is 0.381. The Morgan fingerprint density at radius 2 is 1.56 bits per heavy atom. The molecule has 32 heavy (non-hydrogen) atoms. The van der Waals surface area contributed by atoms with Crippen molar-refractivity contribution in [1.82, 2.24) is 0 Å². The van der Waals surface area contributed by atoms with Crippen LogP contribution in [0.2, 0.25) is 0 Å². The van der Waals surface area contributed by atoms with E-state index in [-0.39, 0.29) is 29.4 Å². The lowest BCUT2D eigenvalue weighted by Crippen LogP contribution is -2.58. The third-order valence-electron chi connectivity index (χ3n) is 5.47. The lowest BCUT2D eigenvalue weighted by molar-refractivity contribution is -0.285. The van der Waals surface area contributed by atoms with Crippen LogP contribution in [0.15, 0.2) is 36.4 Å². The SMILES string of the molecule is O=C1c2cc(OC[C@H]3O[C@@H](O)[C@H](O)[C@@H](O)[C@@H]3O)cc(O)c2O[C@@H](O)[C@H]1c1ccc(O)cc1. The monoisotopic (exact) mass is 450 g/mol. The molecule has 4 rings (SSSR count). The maximum absolute atomic E-state index is 13.1. The van der Waals surface area contributed by atoms with Crippen LogP contribution in [0.5, 0.6) is 23.0 Å². The van der Waals surface area contributed by atoms with Crippen LogP contribution < -0.4 is 9.47 Å². The molecule has 0 spiro atoms. The summed E-state index contributed by atoms with van der Waals surface area (Å²) in [7, 11) is 0. The highest BCUT2D eigenvalue weighted by molar-refractivity contribution is 6.05. The van der Waals surface area contributed by atoms with Crippen LogP contribution in [0.4, 0.5) is 0 Å². The summed E-state index contributed by atoms with van der Waals surface area (Å²) in [4.78, 5) is 13.1. The van der Waals surface area contributed by atoms with Gasteiger partial charge in [-0.05, 0) is 23.8 Å². The van der Waals surface area contributed by atoms with E-state index in [1.807, 2.05) is 0 Å². The summed E-state index contributed by atoms with van der Waals surface area (Å²) >= 11 is 0. The summed E-state index contributed by atoms with van der Waals surface area (Å²) in [5, 5.41) is 69.0. The molecule has 2 aromatic rings. The van der Waals surface area contributed by atoms with Gasteiger partial charge in [0.25, 0.3) is 0 Å². The molecular weight excluding hydrogens is 428 g/mol. The number of benzene rings is 2. The van der Waals surface area contributed by atoms with E-state index in [2.05, 4.69) is 0 Å². The number of hydrogen-bond acceptors (Lipinski definition) is 11. The largest absolute Gasteiger partial charge is 0.508 e. The minimum absolute atomic E-state index is 0.00931. The summed E-state index contributed by atoms with van der Waals surface area (Å²) in [5.41, 5.74) is 0.320. The van der Waals surface area contributed by atoms with Gasteiger partial charge in [0.1, 0.15) is 48.4 Å². The normalized spacial score (nSPS) is 32.2. The van der Waals surface area contributed by atoms with Crippen molar-refractivity contribution in [2.45, 2.75) is 42.9 Å². The van der Waals surface area contributed by atoms with Gasteiger partial charge in [-0.25, -0.2) is 0 Å². The number of aromatic hydroxyl groups is 2. The van der Waals surface area contributed by atoms with Crippen molar-refractivity contribution in [1.29, 1.82) is 0 Å². The van der Waals surface area contributed by atoms with E-state index in [0.717, 1.165) is 6.07 Å². The molecule has 2 aliphatic rings. The fourth-order valence-electron chi connectivity index (χ4n) is 3.71. The van der Waals surface area contributed by atoms with Crippen LogP contribution in [0.1, 0.15) is 21.8 Å². The highest BCUT2D eigenvalue weighted by Gasteiger charge is 2.43. The second-order valence-electron chi connectivity index (χ2n) is 7.61. The number of fused-ring (bicyclic) bond motifs is 1. The Balaban J connectivity index is 1.56. The van der Waals surface area contributed by atoms with E-state index >= 15 is 0 Å². The quantitative estimate of drug-likeness (QED) is 0.301. The van der Waals surface area contributed by atoms with Crippen molar-refractivity contribution in [2.24, 2.45) is 0 Å². The van der Waals surface area contributed by atoms with Gasteiger partial charge in [0.2, 0.25) is 6.29 Å². The molecule has 2 aliphatic heterocycles. The van der Waals surface area contributed by atoms with Gasteiger partial charge in [-0.15, -0.1) is 0 Å². The number of rotatable bonds is 4. The van der Waals surface area contributed by atoms with Crippen molar-refractivity contribution < 1.29 is 54.8 Å². The van der Waals surface area contributed by atoms with Crippen LogP contribution in [0.25, 0.3) is 0 Å². The maximum atomic E-state index is 13.1. The topological polar surface area (TPSA) is 186 Å². The van der Waals surface area contributed by atoms with E-state index in [4.69, 9.17) is 14.2 Å². The predicted octanol–water partition coefficient (Wildman–Crippen LogP) is -1.05. The second-order valence-corrected chi connectivity index (χ2v) is 7.61. The van der Waals surface area contributed by atoms with E-state index in [1.165, 1.54) is 30.3 Å². The Hall–Kier alpha value is -2.93. The minimum atomic E-state index is -1.73. The first-order chi connectivity index (χ1) is 15.2. The summed E-state index contributed by atoms with van der Waals surface area (Å²) < 4.78 is 15.8. The van der Waals surface area contributed by atoms with Crippen LogP contribution in [0, 0.1) is 0 Å². The Morgan fingerprint density at radius 3 is 2.25 bits per heavy atom. The molecule has 172 valence electrons. The molecule has 0 amide bonds. The highest BCUT2D eigenvalue weighted by Crippen LogP contribution is 2.43. The van der Waals surface area contributed by atoms with E-state index in [0.29, 0.717) is 5.56 Å². The predicted molar refractivity (Wildman–Crippen MR) is 104 cm³/mol. The number of ether oxygens (including phenoxy) is 3. The van der Waals surface area contributed by atoms with Crippen molar-refractivity contribution in [2.75, 3.05) is 6.61 Å². The zero-order valence-corrected chi connectivity index (χ0v) is 16.5. The standard InChI is InChI=1S/C21H22O11/c22-9-3-1-8(2-4-9)14-15(24)11-5-10(6-12(23)19(11)32-20(14)28)30-7-13-16(25)17(26)18(27)21(29)31-13/h1-6,13-14,16-18,20-23,25-29H,7H2/t13-,14+,16-,17+,18-,20-,21-/m1/s1. The van der Waals surface area contributed by atoms with E-state index in [9.17, 15) is 40.5 Å². The molecule has 0 aliphatic carbocycles. The molecule has 0 bridgehead atoms. The molecule has 0 aromatic heterocycles. The van der Waals surface area contributed by atoms with Gasteiger partial charge in [0.15, 0.2) is 23.6 Å². The molecule has 2 aromatic carbocycles. The summed E-state index contributed by atoms with van der Waals surface area (Å²) in [6.45, 7) is -0.390. The smallest absolute Gasteiger partial charge is 0.211 e. The van der Waals surface area contributed by atoms with E-state index < -0.39 is 54.4 Å². The number of ketones is 1. The van der Waals surface area contributed by atoms with Gasteiger partial charge in [-0.2, -0.15) is 0 Å². The molecule has 11 heteroatoms. The van der Waals surface area contributed by atoms with Gasteiger partial charge >= 0.3 is 0 Å². The first-order valence-electron chi connectivity index (χ1n) is 9.72. The molecule has 2 heterocycles. The molecule has 7 atom stereocenters. The molecule has 0 unspecified atom stereocenters. The van der Waals surface area contributed by atoms with Gasteiger partial charge in [0, 0.05) is 6.07 Å². The lowest BCUT2D eigenvalue weighted by Gasteiger charge is -2.38. The number of phenolic OH excluding ortho intramolecular Hbond substituents is 2. The average Bonchev–Trinajstić information content (AvgIpc) is 2.76. The zero-order valence-electron chi connectivity index (χ0n) is 16.5. The molecule has 0 saturated carbocycles. The highest BCUT2D eigenvalue weighted by atomic mass is 16.6. The Morgan fingerprint density at radius 1 is 0.875 bits per heavy atom. The van der Waals surface area contributed by atoms with Gasteiger partial charge < -0.3 is 50.0 Å². The first kappa shape index (κ1) is 22.3. The Bertz CT molecular complexity index is 992. The molecule has 7 N–H and O–H groups in total. The number of phenols is 2. The molecule has 1 fully saturated rings. The second kappa shape index (κ2) is 8.54. The maximum Gasteiger partial charge on any atom is 0.211 e.